The van der Waals surface area contributed by atoms with Gasteiger partial charge in [-0.1, -0.05) is 24.3 Å². The van der Waals surface area contributed by atoms with E-state index >= 15 is 0 Å². The van der Waals surface area contributed by atoms with Crippen molar-refractivity contribution in [2.45, 2.75) is 13.3 Å². The fourth-order valence-corrected chi connectivity index (χ4v) is 4.13. The molecule has 2 aromatic rings. The van der Waals surface area contributed by atoms with Crippen LogP contribution in [0.1, 0.15) is 18.1 Å². The van der Waals surface area contributed by atoms with E-state index in [0.717, 1.165) is 24.4 Å². The molecule has 0 saturated carbocycles. The van der Waals surface area contributed by atoms with E-state index in [0.29, 0.717) is 43.0 Å². The molecule has 2 aliphatic rings. The first-order valence-electron chi connectivity index (χ1n) is 11.0. The van der Waals surface area contributed by atoms with Crippen LogP contribution in [0.3, 0.4) is 0 Å². The first-order chi connectivity index (χ1) is 15.5. The zero-order chi connectivity index (χ0) is 22.7. The predicted molar refractivity (Wildman–Crippen MR) is 120 cm³/mol. The van der Waals surface area contributed by atoms with E-state index in [1.807, 2.05) is 36.1 Å². The van der Waals surface area contributed by atoms with Gasteiger partial charge in [0.1, 0.15) is 17.3 Å². The lowest BCUT2D eigenvalue weighted by molar-refractivity contribution is -0.137. The zero-order valence-electron chi connectivity index (χ0n) is 18.5. The third-order valence-electron chi connectivity index (χ3n) is 5.95. The molecule has 1 fully saturated rings. The molecule has 32 heavy (non-hydrogen) atoms. The number of hydrogen-bond acceptors (Lipinski definition) is 5. The number of halogens is 1. The number of piperazine rings is 1. The van der Waals surface area contributed by atoms with Gasteiger partial charge in [0, 0.05) is 32.7 Å². The molecule has 7 heteroatoms. The van der Waals surface area contributed by atoms with E-state index in [1.165, 1.54) is 17.0 Å². The average molecular weight is 438 g/mol. The Hall–Kier alpha value is -3.19. The quantitative estimate of drug-likeness (QED) is 0.624. The maximum atomic E-state index is 13.4. The van der Waals surface area contributed by atoms with Crippen LogP contribution in [0.2, 0.25) is 0 Å². The van der Waals surface area contributed by atoms with Gasteiger partial charge in [-0.2, -0.15) is 0 Å². The normalized spacial score (nSPS) is 17.5. The highest BCUT2D eigenvalue weighted by Gasteiger charge is 2.41. The lowest BCUT2D eigenvalue weighted by atomic mass is 10.0. The van der Waals surface area contributed by atoms with Crippen molar-refractivity contribution >= 4 is 17.4 Å². The largest absolute Gasteiger partial charge is 0.494 e. The molecule has 2 aliphatic heterocycles. The molecule has 2 amide bonds. The van der Waals surface area contributed by atoms with Crippen molar-refractivity contribution < 1.29 is 18.7 Å². The minimum Gasteiger partial charge on any atom is -0.494 e. The second kappa shape index (κ2) is 9.53. The summed E-state index contributed by atoms with van der Waals surface area (Å²) < 4.78 is 18.7. The number of likely N-dealkylation sites (N-methyl/N-ethyl adjacent to an activating group) is 1. The Balaban J connectivity index is 1.62. The van der Waals surface area contributed by atoms with E-state index in [4.69, 9.17) is 4.74 Å². The van der Waals surface area contributed by atoms with Crippen LogP contribution >= 0.6 is 0 Å². The van der Waals surface area contributed by atoms with Gasteiger partial charge in [0.05, 0.1) is 12.2 Å². The molecule has 2 heterocycles. The molecule has 4 rings (SSSR count). The first kappa shape index (κ1) is 22.0. The molecule has 1 saturated heterocycles. The highest BCUT2D eigenvalue weighted by molar-refractivity contribution is 6.35. The fraction of sp³-hybridized carbons (Fsp3) is 0.360. The summed E-state index contributed by atoms with van der Waals surface area (Å²) in [6.45, 7) is 5.77. The number of rotatable bonds is 7. The van der Waals surface area contributed by atoms with Gasteiger partial charge >= 0.3 is 0 Å². The summed E-state index contributed by atoms with van der Waals surface area (Å²) in [5.41, 5.74) is 2.51. The van der Waals surface area contributed by atoms with Crippen LogP contribution in [0.25, 0.3) is 5.57 Å². The Morgan fingerprint density at radius 1 is 0.906 bits per heavy atom. The Bertz CT molecular complexity index is 1010. The predicted octanol–water partition coefficient (Wildman–Crippen LogP) is 2.79. The summed E-state index contributed by atoms with van der Waals surface area (Å²) in [5.74, 6) is -0.123. The van der Waals surface area contributed by atoms with E-state index in [1.54, 1.807) is 12.1 Å². The number of carbonyl (C=O) groups is 2. The molecule has 0 aliphatic carbocycles. The fourth-order valence-electron chi connectivity index (χ4n) is 4.13. The van der Waals surface area contributed by atoms with Crippen LogP contribution in [0.15, 0.2) is 54.2 Å². The lowest BCUT2D eigenvalue weighted by Crippen LogP contribution is -2.46. The van der Waals surface area contributed by atoms with Crippen LogP contribution in [0, 0.1) is 5.82 Å². The third-order valence-corrected chi connectivity index (χ3v) is 5.95. The monoisotopic (exact) mass is 437 g/mol. The van der Waals surface area contributed by atoms with Gasteiger partial charge in [-0.3, -0.25) is 14.5 Å². The zero-order valence-corrected chi connectivity index (χ0v) is 18.5. The highest BCUT2D eigenvalue weighted by atomic mass is 19.1. The van der Waals surface area contributed by atoms with Gasteiger partial charge < -0.3 is 14.5 Å². The number of hydrogen-bond donors (Lipinski definition) is 0. The van der Waals surface area contributed by atoms with E-state index in [2.05, 4.69) is 11.9 Å². The van der Waals surface area contributed by atoms with Crippen molar-refractivity contribution in [3.63, 3.8) is 0 Å². The topological polar surface area (TPSA) is 53.1 Å². The van der Waals surface area contributed by atoms with Crippen molar-refractivity contribution in [1.82, 2.24) is 14.7 Å². The summed E-state index contributed by atoms with van der Waals surface area (Å²) in [7, 11) is 2.05. The van der Waals surface area contributed by atoms with Gasteiger partial charge in [0.15, 0.2) is 0 Å². The molecule has 0 spiro atoms. The van der Waals surface area contributed by atoms with Crippen LogP contribution in [-0.4, -0.2) is 72.9 Å². The standard InChI is InChI=1S/C25H28FN3O3/c1-3-32-21-10-6-19(7-11-21)22-23(28-16-14-27(2)15-17-28)25(31)29(24(22)30)13-12-18-4-8-20(26)9-5-18/h4-11H,3,12-17H2,1-2H3. The molecule has 6 nitrogen and oxygen atoms in total. The maximum absolute atomic E-state index is 13.4. The summed E-state index contributed by atoms with van der Waals surface area (Å²) in [5, 5.41) is 0. The first-order valence-corrected chi connectivity index (χ1v) is 11.0. The SMILES string of the molecule is CCOc1ccc(C2=C(N3CCN(C)CC3)C(=O)N(CCc3ccc(F)cc3)C2=O)cc1. The van der Waals surface area contributed by atoms with Crippen LogP contribution in [0.4, 0.5) is 4.39 Å². The summed E-state index contributed by atoms with van der Waals surface area (Å²) >= 11 is 0. The van der Waals surface area contributed by atoms with Crippen molar-refractivity contribution in [3.05, 3.63) is 71.2 Å². The molecular formula is C25H28FN3O3. The molecule has 0 aromatic heterocycles. The molecule has 0 unspecified atom stereocenters. The molecule has 0 radical (unpaired) electrons. The summed E-state index contributed by atoms with van der Waals surface area (Å²) in [6, 6.07) is 13.5. The second-order valence-electron chi connectivity index (χ2n) is 8.11. The molecule has 168 valence electrons. The summed E-state index contributed by atoms with van der Waals surface area (Å²) in [6.07, 6.45) is 0.477. The molecule has 0 bridgehead atoms. The number of carbonyl (C=O) groups excluding carboxylic acids is 2. The second-order valence-corrected chi connectivity index (χ2v) is 8.11. The van der Waals surface area contributed by atoms with E-state index < -0.39 is 0 Å². The smallest absolute Gasteiger partial charge is 0.277 e. The number of imide groups is 1. The Labute approximate surface area is 187 Å². The van der Waals surface area contributed by atoms with Crippen LogP contribution in [-0.2, 0) is 16.0 Å². The third kappa shape index (κ3) is 4.53. The molecule has 2 aromatic carbocycles. The molecule has 0 atom stereocenters. The van der Waals surface area contributed by atoms with Crippen molar-refractivity contribution in [3.8, 4) is 5.75 Å². The number of ether oxygens (including phenoxy) is 1. The minimum atomic E-state index is -0.307. The van der Waals surface area contributed by atoms with Crippen molar-refractivity contribution in [2.24, 2.45) is 0 Å². The lowest BCUT2D eigenvalue weighted by Gasteiger charge is -2.34. The van der Waals surface area contributed by atoms with Crippen LogP contribution in [0.5, 0.6) is 5.75 Å². The Morgan fingerprint density at radius 3 is 2.19 bits per heavy atom. The molecule has 0 N–H and O–H groups in total. The van der Waals surface area contributed by atoms with Gasteiger partial charge in [-0.25, -0.2) is 4.39 Å². The number of amides is 2. The van der Waals surface area contributed by atoms with Gasteiger partial charge in [-0.15, -0.1) is 0 Å². The highest BCUT2D eigenvalue weighted by Crippen LogP contribution is 2.33. The average Bonchev–Trinajstić information content (AvgIpc) is 3.04. The summed E-state index contributed by atoms with van der Waals surface area (Å²) in [4.78, 5) is 32.4. The Kier molecular flexibility index (Phi) is 6.55. The molecular weight excluding hydrogens is 409 g/mol. The Morgan fingerprint density at radius 2 is 1.56 bits per heavy atom. The van der Waals surface area contributed by atoms with E-state index in [-0.39, 0.29) is 24.2 Å². The van der Waals surface area contributed by atoms with E-state index in [9.17, 15) is 14.0 Å². The van der Waals surface area contributed by atoms with Crippen molar-refractivity contribution in [1.29, 1.82) is 0 Å². The number of benzene rings is 2. The van der Waals surface area contributed by atoms with Crippen molar-refractivity contribution in [2.75, 3.05) is 46.4 Å². The number of nitrogens with zero attached hydrogens (tertiary/aromatic N) is 3. The van der Waals surface area contributed by atoms with Gasteiger partial charge in [0.2, 0.25) is 0 Å². The van der Waals surface area contributed by atoms with Gasteiger partial charge in [0.25, 0.3) is 11.8 Å². The minimum absolute atomic E-state index is 0.251. The van der Waals surface area contributed by atoms with Crippen LogP contribution < -0.4 is 4.74 Å². The van der Waals surface area contributed by atoms with Gasteiger partial charge in [-0.05, 0) is 55.8 Å². The maximum Gasteiger partial charge on any atom is 0.277 e.